The number of ether oxygens (including phenoxy) is 3. The van der Waals surface area contributed by atoms with Gasteiger partial charge in [-0.1, -0.05) is 12.1 Å². The van der Waals surface area contributed by atoms with Crippen LogP contribution in [-0.4, -0.2) is 18.7 Å². The fraction of sp³-hybridized carbons (Fsp3) is 0.273. The molecule has 16 heavy (non-hydrogen) atoms. The molecule has 0 radical (unpaired) electrons. The molecule has 1 aliphatic heterocycles. The molecule has 0 amide bonds. The molecular weight excluding hydrogens is 212 g/mol. The average Bonchev–Trinajstić information content (AvgIpc) is 2.65. The van der Waals surface area contributed by atoms with Crippen LogP contribution in [-0.2, 0) is 14.3 Å². The Morgan fingerprint density at radius 1 is 1.38 bits per heavy atom. The van der Waals surface area contributed by atoms with Crippen molar-refractivity contribution >= 4 is 12.1 Å². The second-order valence-electron chi connectivity index (χ2n) is 3.33. The number of carbonyl (C=O) groups is 2. The third-order valence-corrected chi connectivity index (χ3v) is 2.10. The monoisotopic (exact) mass is 222 g/mol. The average molecular weight is 222 g/mol. The highest BCUT2D eigenvalue weighted by molar-refractivity contribution is 5.69. The Balaban J connectivity index is 2.07. The van der Waals surface area contributed by atoms with Crippen molar-refractivity contribution in [3.63, 3.8) is 0 Å². The van der Waals surface area contributed by atoms with Crippen molar-refractivity contribution in [2.75, 3.05) is 6.61 Å². The Morgan fingerprint density at radius 3 is 2.56 bits per heavy atom. The Bertz CT molecular complexity index is 409. The zero-order valence-electron chi connectivity index (χ0n) is 8.64. The summed E-state index contributed by atoms with van der Waals surface area (Å²) in [4.78, 5) is 21.4. The van der Waals surface area contributed by atoms with Crippen LogP contribution in [0.3, 0.4) is 0 Å². The second kappa shape index (κ2) is 4.22. The first-order chi connectivity index (χ1) is 7.65. The predicted molar refractivity (Wildman–Crippen MR) is 52.9 cm³/mol. The van der Waals surface area contributed by atoms with E-state index < -0.39 is 6.16 Å². The van der Waals surface area contributed by atoms with Crippen molar-refractivity contribution in [1.29, 1.82) is 0 Å². The van der Waals surface area contributed by atoms with E-state index in [0.29, 0.717) is 5.75 Å². The molecule has 5 heteroatoms. The highest BCUT2D eigenvalue weighted by Gasteiger charge is 2.26. The van der Waals surface area contributed by atoms with Crippen LogP contribution in [0.2, 0.25) is 0 Å². The second-order valence-corrected chi connectivity index (χ2v) is 3.33. The lowest BCUT2D eigenvalue weighted by atomic mass is 10.1. The summed E-state index contributed by atoms with van der Waals surface area (Å²) < 4.78 is 14.4. The number of cyclic esters (lactones) is 2. The van der Waals surface area contributed by atoms with Crippen LogP contribution in [0.5, 0.6) is 5.75 Å². The van der Waals surface area contributed by atoms with Gasteiger partial charge in [0, 0.05) is 6.92 Å². The molecule has 0 N–H and O–H groups in total. The van der Waals surface area contributed by atoms with Gasteiger partial charge in [-0.3, -0.25) is 4.79 Å². The zero-order chi connectivity index (χ0) is 11.5. The summed E-state index contributed by atoms with van der Waals surface area (Å²) in [5.74, 6) is 0.0878. The summed E-state index contributed by atoms with van der Waals surface area (Å²) >= 11 is 0. The van der Waals surface area contributed by atoms with E-state index in [1.165, 1.54) is 6.92 Å². The maximum atomic E-state index is 10.7. The minimum Gasteiger partial charge on any atom is -0.430 e. The van der Waals surface area contributed by atoms with Crippen molar-refractivity contribution in [2.24, 2.45) is 0 Å². The summed E-state index contributed by atoms with van der Waals surface area (Å²) in [5, 5.41) is 0. The molecular formula is C11H10O5. The van der Waals surface area contributed by atoms with Gasteiger partial charge >= 0.3 is 12.1 Å². The molecule has 1 fully saturated rings. The molecule has 0 bridgehead atoms. The molecule has 0 aliphatic carbocycles. The number of hydrogen-bond donors (Lipinski definition) is 0. The van der Waals surface area contributed by atoms with Crippen molar-refractivity contribution in [1.82, 2.24) is 0 Å². The van der Waals surface area contributed by atoms with Crippen LogP contribution in [0.25, 0.3) is 0 Å². The molecule has 2 rings (SSSR count). The topological polar surface area (TPSA) is 61.8 Å². The maximum Gasteiger partial charge on any atom is 0.509 e. The quantitative estimate of drug-likeness (QED) is 0.564. The Labute approximate surface area is 91.9 Å². The van der Waals surface area contributed by atoms with Gasteiger partial charge in [0.15, 0.2) is 6.10 Å². The van der Waals surface area contributed by atoms with Crippen LogP contribution < -0.4 is 4.74 Å². The Kier molecular flexibility index (Phi) is 2.76. The minimum absolute atomic E-state index is 0.214. The molecule has 1 saturated heterocycles. The standard InChI is InChI=1S/C11H10O5/c1-7(12)15-9-4-2-8(3-5-9)10-6-14-11(13)16-10/h2-5,10H,6H2,1H3/t10-/m0/s1. The minimum atomic E-state index is -0.658. The van der Waals surface area contributed by atoms with Crippen molar-refractivity contribution < 1.29 is 23.8 Å². The Morgan fingerprint density at radius 2 is 2.06 bits per heavy atom. The highest BCUT2D eigenvalue weighted by Crippen LogP contribution is 2.25. The fourth-order valence-corrected chi connectivity index (χ4v) is 1.41. The van der Waals surface area contributed by atoms with E-state index in [2.05, 4.69) is 4.74 Å². The molecule has 0 spiro atoms. The SMILES string of the molecule is CC(=O)Oc1ccc([C@@H]2COC(=O)O2)cc1. The summed E-state index contributed by atoms with van der Waals surface area (Å²) in [6, 6.07) is 6.74. The molecule has 1 aromatic rings. The van der Waals surface area contributed by atoms with E-state index >= 15 is 0 Å². The fourth-order valence-electron chi connectivity index (χ4n) is 1.41. The molecule has 1 aromatic carbocycles. The van der Waals surface area contributed by atoms with Crippen molar-refractivity contribution in [3.05, 3.63) is 29.8 Å². The zero-order valence-corrected chi connectivity index (χ0v) is 8.64. The van der Waals surface area contributed by atoms with Gasteiger partial charge in [-0.15, -0.1) is 0 Å². The van der Waals surface area contributed by atoms with Gasteiger partial charge in [-0.25, -0.2) is 4.79 Å². The Hall–Kier alpha value is -2.04. The largest absolute Gasteiger partial charge is 0.509 e. The molecule has 5 nitrogen and oxygen atoms in total. The van der Waals surface area contributed by atoms with E-state index in [-0.39, 0.29) is 18.7 Å². The van der Waals surface area contributed by atoms with Crippen molar-refractivity contribution in [2.45, 2.75) is 13.0 Å². The van der Waals surface area contributed by atoms with Crippen LogP contribution in [0, 0.1) is 0 Å². The van der Waals surface area contributed by atoms with E-state index in [0.717, 1.165) is 5.56 Å². The van der Waals surface area contributed by atoms with Gasteiger partial charge in [0.1, 0.15) is 12.4 Å². The number of hydrogen-bond acceptors (Lipinski definition) is 5. The van der Waals surface area contributed by atoms with Crippen LogP contribution in [0.1, 0.15) is 18.6 Å². The maximum absolute atomic E-state index is 10.7. The van der Waals surface area contributed by atoms with E-state index in [1.807, 2.05) is 0 Å². The van der Waals surface area contributed by atoms with Crippen LogP contribution in [0.15, 0.2) is 24.3 Å². The number of rotatable bonds is 2. The third kappa shape index (κ3) is 2.31. The molecule has 1 atom stereocenters. The van der Waals surface area contributed by atoms with Gasteiger partial charge in [0.25, 0.3) is 0 Å². The first kappa shape index (κ1) is 10.5. The van der Waals surface area contributed by atoms with E-state index in [9.17, 15) is 9.59 Å². The normalized spacial score (nSPS) is 18.8. The van der Waals surface area contributed by atoms with Gasteiger partial charge < -0.3 is 14.2 Å². The predicted octanol–water partition coefficient (Wildman–Crippen LogP) is 1.82. The summed E-state index contributed by atoms with van der Waals surface area (Å²) in [6.07, 6.45) is -1.03. The summed E-state index contributed by atoms with van der Waals surface area (Å²) in [6.45, 7) is 1.55. The highest BCUT2D eigenvalue weighted by atomic mass is 16.8. The van der Waals surface area contributed by atoms with Crippen molar-refractivity contribution in [3.8, 4) is 5.75 Å². The molecule has 0 saturated carbocycles. The number of carbonyl (C=O) groups excluding carboxylic acids is 2. The first-order valence-electron chi connectivity index (χ1n) is 4.77. The van der Waals surface area contributed by atoms with Gasteiger partial charge in [-0.05, 0) is 17.7 Å². The summed E-state index contributed by atoms with van der Waals surface area (Å²) in [7, 11) is 0. The molecule has 1 aliphatic rings. The lowest BCUT2D eigenvalue weighted by molar-refractivity contribution is -0.131. The van der Waals surface area contributed by atoms with E-state index in [4.69, 9.17) is 9.47 Å². The number of benzene rings is 1. The summed E-state index contributed by atoms with van der Waals surface area (Å²) in [5.41, 5.74) is 0.807. The van der Waals surface area contributed by atoms with Gasteiger partial charge in [-0.2, -0.15) is 0 Å². The molecule has 1 heterocycles. The van der Waals surface area contributed by atoms with Gasteiger partial charge in [0.2, 0.25) is 0 Å². The molecule has 84 valence electrons. The smallest absolute Gasteiger partial charge is 0.430 e. The third-order valence-electron chi connectivity index (χ3n) is 2.10. The lowest BCUT2D eigenvalue weighted by Gasteiger charge is -2.07. The first-order valence-corrected chi connectivity index (χ1v) is 4.77. The number of esters is 1. The molecule has 0 unspecified atom stereocenters. The van der Waals surface area contributed by atoms with Crippen LogP contribution in [0.4, 0.5) is 4.79 Å². The lowest BCUT2D eigenvalue weighted by Crippen LogP contribution is -2.03. The van der Waals surface area contributed by atoms with Crippen LogP contribution >= 0.6 is 0 Å². The van der Waals surface area contributed by atoms with Gasteiger partial charge in [0.05, 0.1) is 0 Å². The molecule has 0 aromatic heterocycles. The van der Waals surface area contributed by atoms with E-state index in [1.54, 1.807) is 24.3 Å².